The SMILES string of the molecule is C=CCC(NC(=O)OC(C)(C)C)c1cccc(-c2nc(C)ccc2NC(=O)C(C)C=C)c1. The lowest BCUT2D eigenvalue weighted by molar-refractivity contribution is -0.118. The van der Waals surface area contributed by atoms with Crippen LogP contribution in [0.25, 0.3) is 11.3 Å². The van der Waals surface area contributed by atoms with E-state index >= 15 is 0 Å². The number of aryl methyl sites for hydroxylation is 1. The Hall–Kier alpha value is -3.41. The third-order valence-corrected chi connectivity index (χ3v) is 4.72. The number of nitrogens with zero attached hydrogens (tertiary/aromatic N) is 1. The lowest BCUT2D eigenvalue weighted by Crippen LogP contribution is -2.34. The standard InChI is InChI=1S/C26H33N3O3/c1-8-11-21(29-25(31)32-26(5,6)7)19-12-10-13-20(16-19)23-22(15-14-18(4)27-23)28-24(30)17(3)9-2/h8-10,12-17,21H,1-2,11H2,3-7H3,(H,28,30)(H,29,31). The van der Waals surface area contributed by atoms with Crippen LogP contribution in [-0.2, 0) is 9.53 Å². The molecule has 1 heterocycles. The van der Waals surface area contributed by atoms with E-state index < -0.39 is 11.7 Å². The van der Waals surface area contributed by atoms with Crippen molar-refractivity contribution in [1.29, 1.82) is 0 Å². The summed E-state index contributed by atoms with van der Waals surface area (Å²) >= 11 is 0. The molecule has 2 unspecified atom stereocenters. The first-order valence-corrected chi connectivity index (χ1v) is 10.7. The van der Waals surface area contributed by atoms with E-state index in [9.17, 15) is 9.59 Å². The summed E-state index contributed by atoms with van der Waals surface area (Å²) in [5.41, 5.74) is 3.22. The summed E-state index contributed by atoms with van der Waals surface area (Å²) in [6.45, 7) is 16.6. The molecule has 2 N–H and O–H groups in total. The highest BCUT2D eigenvalue weighted by atomic mass is 16.6. The van der Waals surface area contributed by atoms with Crippen molar-refractivity contribution in [2.75, 3.05) is 5.32 Å². The number of carbonyl (C=O) groups excluding carboxylic acids is 2. The number of anilines is 1. The summed E-state index contributed by atoms with van der Waals surface area (Å²) in [6, 6.07) is 11.1. The molecule has 0 bridgehead atoms. The van der Waals surface area contributed by atoms with E-state index in [4.69, 9.17) is 4.74 Å². The van der Waals surface area contributed by atoms with E-state index in [0.29, 0.717) is 17.8 Å². The van der Waals surface area contributed by atoms with Gasteiger partial charge in [-0.3, -0.25) is 9.78 Å². The Bertz CT molecular complexity index is 992. The Morgan fingerprint density at radius 2 is 1.91 bits per heavy atom. The second-order valence-corrected chi connectivity index (χ2v) is 8.71. The molecule has 0 saturated heterocycles. The average molecular weight is 436 g/mol. The highest BCUT2D eigenvalue weighted by Crippen LogP contribution is 2.30. The third kappa shape index (κ3) is 7.08. The van der Waals surface area contributed by atoms with Crippen molar-refractivity contribution in [3.8, 4) is 11.3 Å². The van der Waals surface area contributed by atoms with E-state index in [1.54, 1.807) is 19.1 Å². The van der Waals surface area contributed by atoms with Gasteiger partial charge >= 0.3 is 6.09 Å². The van der Waals surface area contributed by atoms with Crippen LogP contribution >= 0.6 is 0 Å². The van der Waals surface area contributed by atoms with E-state index in [-0.39, 0.29) is 17.9 Å². The predicted octanol–water partition coefficient (Wildman–Crippen LogP) is 5.96. The normalized spacial score (nSPS) is 12.9. The number of alkyl carbamates (subject to hydrolysis) is 1. The molecule has 0 saturated carbocycles. The molecular formula is C26H33N3O3. The largest absolute Gasteiger partial charge is 0.444 e. The number of nitrogens with one attached hydrogen (secondary N) is 2. The van der Waals surface area contributed by atoms with Crippen LogP contribution in [-0.4, -0.2) is 22.6 Å². The van der Waals surface area contributed by atoms with Crippen LogP contribution in [0.3, 0.4) is 0 Å². The van der Waals surface area contributed by atoms with Gasteiger partial charge in [0.1, 0.15) is 5.60 Å². The molecule has 0 aliphatic rings. The van der Waals surface area contributed by atoms with E-state index in [2.05, 4.69) is 28.8 Å². The second-order valence-electron chi connectivity index (χ2n) is 8.71. The van der Waals surface area contributed by atoms with Gasteiger partial charge in [0.25, 0.3) is 0 Å². The fraction of sp³-hybridized carbons (Fsp3) is 0.346. The van der Waals surface area contributed by atoms with Gasteiger partial charge in [-0.15, -0.1) is 13.2 Å². The average Bonchev–Trinajstić information content (AvgIpc) is 2.72. The lowest BCUT2D eigenvalue weighted by atomic mass is 9.99. The van der Waals surface area contributed by atoms with Crippen molar-refractivity contribution < 1.29 is 14.3 Å². The smallest absolute Gasteiger partial charge is 0.408 e. The van der Waals surface area contributed by atoms with Crippen molar-refractivity contribution >= 4 is 17.7 Å². The third-order valence-electron chi connectivity index (χ3n) is 4.72. The van der Waals surface area contributed by atoms with Crippen molar-refractivity contribution in [2.24, 2.45) is 5.92 Å². The van der Waals surface area contributed by atoms with Gasteiger partial charge in [-0.1, -0.05) is 37.3 Å². The lowest BCUT2D eigenvalue weighted by Gasteiger charge is -2.23. The number of hydrogen-bond acceptors (Lipinski definition) is 4. The van der Waals surface area contributed by atoms with Gasteiger partial charge in [-0.25, -0.2) is 4.79 Å². The second kappa shape index (κ2) is 10.8. The van der Waals surface area contributed by atoms with Crippen LogP contribution in [0, 0.1) is 12.8 Å². The minimum Gasteiger partial charge on any atom is -0.444 e. The maximum absolute atomic E-state index is 12.4. The first-order valence-electron chi connectivity index (χ1n) is 10.7. The zero-order valence-electron chi connectivity index (χ0n) is 19.6. The van der Waals surface area contributed by atoms with Crippen LogP contribution in [0.5, 0.6) is 0 Å². The van der Waals surface area contributed by atoms with Gasteiger partial charge in [0, 0.05) is 11.3 Å². The number of rotatable bonds is 8. The van der Waals surface area contributed by atoms with Crippen LogP contribution in [0.2, 0.25) is 0 Å². The number of pyridine rings is 1. The summed E-state index contributed by atoms with van der Waals surface area (Å²) in [5.74, 6) is -0.482. The van der Waals surface area contributed by atoms with Gasteiger partial charge in [0.15, 0.2) is 0 Å². The zero-order chi connectivity index (χ0) is 23.9. The molecule has 0 fully saturated rings. The minimum absolute atomic E-state index is 0.154. The number of carbonyl (C=O) groups is 2. The number of amides is 2. The molecule has 1 aromatic heterocycles. The van der Waals surface area contributed by atoms with E-state index in [1.165, 1.54) is 0 Å². The number of hydrogen-bond donors (Lipinski definition) is 2. The molecule has 32 heavy (non-hydrogen) atoms. The van der Waals surface area contributed by atoms with Crippen LogP contribution in [0.15, 0.2) is 61.7 Å². The first kappa shape index (κ1) is 24.9. The molecule has 2 amide bonds. The van der Waals surface area contributed by atoms with Gasteiger partial charge < -0.3 is 15.4 Å². The van der Waals surface area contributed by atoms with Crippen LogP contribution in [0.1, 0.15) is 51.4 Å². The maximum atomic E-state index is 12.4. The highest BCUT2D eigenvalue weighted by molar-refractivity contribution is 5.96. The summed E-state index contributed by atoms with van der Waals surface area (Å²) < 4.78 is 5.41. The molecule has 170 valence electrons. The zero-order valence-corrected chi connectivity index (χ0v) is 19.6. The fourth-order valence-electron chi connectivity index (χ4n) is 3.03. The van der Waals surface area contributed by atoms with Gasteiger partial charge in [0.2, 0.25) is 5.91 Å². The van der Waals surface area contributed by atoms with E-state index in [0.717, 1.165) is 16.8 Å². The monoisotopic (exact) mass is 435 g/mol. The molecule has 6 heteroatoms. The van der Waals surface area contributed by atoms with Crippen molar-refractivity contribution in [3.05, 3.63) is 73.0 Å². The molecule has 0 aliphatic carbocycles. The molecular weight excluding hydrogens is 402 g/mol. The molecule has 2 atom stereocenters. The highest BCUT2D eigenvalue weighted by Gasteiger charge is 2.21. The number of ether oxygens (including phenoxy) is 1. The minimum atomic E-state index is -0.591. The van der Waals surface area contributed by atoms with Gasteiger partial charge in [0.05, 0.1) is 23.3 Å². The molecule has 1 aromatic carbocycles. The quantitative estimate of drug-likeness (QED) is 0.501. The van der Waals surface area contributed by atoms with Crippen molar-refractivity contribution in [2.45, 2.75) is 52.7 Å². The van der Waals surface area contributed by atoms with Crippen molar-refractivity contribution in [1.82, 2.24) is 10.3 Å². The van der Waals surface area contributed by atoms with Gasteiger partial charge in [-0.05, 0) is 57.9 Å². The Labute approximate surface area is 190 Å². The van der Waals surface area contributed by atoms with E-state index in [1.807, 2.05) is 64.1 Å². The Balaban J connectivity index is 2.39. The number of aromatic nitrogens is 1. The van der Waals surface area contributed by atoms with Crippen LogP contribution in [0.4, 0.5) is 10.5 Å². The molecule has 2 rings (SSSR count). The summed E-state index contributed by atoms with van der Waals surface area (Å²) in [7, 11) is 0. The number of benzene rings is 1. The first-order chi connectivity index (χ1) is 15.0. The van der Waals surface area contributed by atoms with Crippen molar-refractivity contribution in [3.63, 3.8) is 0 Å². The summed E-state index contributed by atoms with van der Waals surface area (Å²) in [6.07, 6.45) is 3.39. The molecule has 0 radical (unpaired) electrons. The fourth-order valence-corrected chi connectivity index (χ4v) is 3.03. The Morgan fingerprint density at radius 1 is 1.19 bits per heavy atom. The predicted molar refractivity (Wildman–Crippen MR) is 129 cm³/mol. The Kier molecular flexibility index (Phi) is 8.35. The summed E-state index contributed by atoms with van der Waals surface area (Å²) in [4.78, 5) is 29.4. The maximum Gasteiger partial charge on any atom is 0.408 e. The Morgan fingerprint density at radius 3 is 2.53 bits per heavy atom. The molecule has 6 nitrogen and oxygen atoms in total. The van der Waals surface area contributed by atoms with Gasteiger partial charge in [-0.2, -0.15) is 0 Å². The topological polar surface area (TPSA) is 80.3 Å². The van der Waals surface area contributed by atoms with Crippen LogP contribution < -0.4 is 10.6 Å². The molecule has 2 aromatic rings. The summed E-state index contributed by atoms with van der Waals surface area (Å²) in [5, 5.41) is 5.86. The molecule has 0 aliphatic heterocycles. The molecule has 0 spiro atoms.